The average molecular weight is 226 g/mol. The Balaban J connectivity index is 2.04. The van der Waals surface area contributed by atoms with Gasteiger partial charge in [0.15, 0.2) is 0 Å². The van der Waals surface area contributed by atoms with Gasteiger partial charge in [-0.1, -0.05) is 19.8 Å². The SMILES string of the molecule is CC1CCCC(CC2CCOC2)(C(=O)O)C1. The summed E-state index contributed by atoms with van der Waals surface area (Å²) in [6, 6.07) is 0. The van der Waals surface area contributed by atoms with Gasteiger partial charge < -0.3 is 9.84 Å². The summed E-state index contributed by atoms with van der Waals surface area (Å²) in [6.07, 6.45) is 5.86. The standard InChI is InChI=1S/C13H22O3/c1-10-3-2-5-13(7-10,12(14)15)8-11-4-6-16-9-11/h10-11H,2-9H2,1H3,(H,14,15). The maximum Gasteiger partial charge on any atom is 0.309 e. The van der Waals surface area contributed by atoms with Crippen molar-refractivity contribution in [3.05, 3.63) is 0 Å². The number of carboxylic acid groups (broad SMARTS) is 1. The van der Waals surface area contributed by atoms with Crippen LogP contribution in [0.25, 0.3) is 0 Å². The fourth-order valence-electron chi connectivity index (χ4n) is 3.42. The summed E-state index contributed by atoms with van der Waals surface area (Å²) in [5.41, 5.74) is -0.448. The summed E-state index contributed by atoms with van der Waals surface area (Å²) in [7, 11) is 0. The van der Waals surface area contributed by atoms with Crippen LogP contribution in [0.15, 0.2) is 0 Å². The summed E-state index contributed by atoms with van der Waals surface area (Å²) in [5, 5.41) is 9.53. The zero-order chi connectivity index (χ0) is 11.6. The topological polar surface area (TPSA) is 46.5 Å². The van der Waals surface area contributed by atoms with E-state index in [-0.39, 0.29) is 0 Å². The molecule has 1 saturated heterocycles. The smallest absolute Gasteiger partial charge is 0.309 e. The second kappa shape index (κ2) is 4.74. The molecule has 0 aromatic rings. The lowest BCUT2D eigenvalue weighted by molar-refractivity contribution is -0.153. The van der Waals surface area contributed by atoms with Gasteiger partial charge in [-0.2, -0.15) is 0 Å². The van der Waals surface area contributed by atoms with E-state index in [1.165, 1.54) is 6.42 Å². The van der Waals surface area contributed by atoms with Crippen LogP contribution in [0.5, 0.6) is 0 Å². The molecule has 3 nitrogen and oxygen atoms in total. The molecule has 3 unspecified atom stereocenters. The van der Waals surface area contributed by atoms with Crippen LogP contribution < -0.4 is 0 Å². The Hall–Kier alpha value is -0.570. The molecule has 1 aliphatic carbocycles. The minimum atomic E-state index is -0.578. The van der Waals surface area contributed by atoms with E-state index in [2.05, 4.69) is 6.92 Å². The number of rotatable bonds is 3. The van der Waals surface area contributed by atoms with E-state index in [0.717, 1.165) is 45.3 Å². The molecule has 2 aliphatic rings. The van der Waals surface area contributed by atoms with Crippen LogP contribution in [0.2, 0.25) is 0 Å². The third-order valence-corrected chi connectivity index (χ3v) is 4.25. The third-order valence-electron chi connectivity index (χ3n) is 4.25. The molecular weight excluding hydrogens is 204 g/mol. The van der Waals surface area contributed by atoms with Crippen molar-refractivity contribution in [2.45, 2.75) is 45.4 Å². The molecule has 2 fully saturated rings. The van der Waals surface area contributed by atoms with Crippen molar-refractivity contribution < 1.29 is 14.6 Å². The minimum Gasteiger partial charge on any atom is -0.481 e. The minimum absolute atomic E-state index is 0.448. The van der Waals surface area contributed by atoms with Crippen LogP contribution in [0.1, 0.15) is 45.4 Å². The molecule has 16 heavy (non-hydrogen) atoms. The fourth-order valence-corrected chi connectivity index (χ4v) is 3.42. The monoisotopic (exact) mass is 226 g/mol. The van der Waals surface area contributed by atoms with E-state index in [1.807, 2.05) is 0 Å². The fraction of sp³-hybridized carbons (Fsp3) is 0.923. The summed E-state index contributed by atoms with van der Waals surface area (Å²) in [5.74, 6) is 0.458. The number of hydrogen-bond acceptors (Lipinski definition) is 2. The lowest BCUT2D eigenvalue weighted by atomic mass is 9.66. The normalized spacial score (nSPS) is 39.8. The van der Waals surface area contributed by atoms with Crippen molar-refractivity contribution in [1.82, 2.24) is 0 Å². The van der Waals surface area contributed by atoms with E-state index in [0.29, 0.717) is 11.8 Å². The molecule has 2 rings (SSSR count). The van der Waals surface area contributed by atoms with E-state index in [1.54, 1.807) is 0 Å². The van der Waals surface area contributed by atoms with Gasteiger partial charge in [0.25, 0.3) is 0 Å². The quantitative estimate of drug-likeness (QED) is 0.804. The van der Waals surface area contributed by atoms with Crippen LogP contribution in [-0.2, 0) is 9.53 Å². The first-order valence-electron chi connectivity index (χ1n) is 6.43. The Morgan fingerprint density at radius 1 is 1.50 bits per heavy atom. The van der Waals surface area contributed by atoms with Gasteiger partial charge in [0.1, 0.15) is 0 Å². The highest BCUT2D eigenvalue weighted by atomic mass is 16.5. The zero-order valence-corrected chi connectivity index (χ0v) is 10.1. The lowest BCUT2D eigenvalue weighted by Crippen LogP contribution is -2.37. The highest BCUT2D eigenvalue weighted by Crippen LogP contribution is 2.45. The molecule has 0 aromatic heterocycles. The predicted molar refractivity (Wildman–Crippen MR) is 61.2 cm³/mol. The van der Waals surface area contributed by atoms with E-state index >= 15 is 0 Å². The molecular formula is C13H22O3. The van der Waals surface area contributed by atoms with Crippen molar-refractivity contribution in [3.63, 3.8) is 0 Å². The van der Waals surface area contributed by atoms with E-state index in [9.17, 15) is 9.90 Å². The van der Waals surface area contributed by atoms with Crippen LogP contribution in [0.3, 0.4) is 0 Å². The summed E-state index contributed by atoms with van der Waals surface area (Å²) in [4.78, 5) is 11.6. The van der Waals surface area contributed by atoms with Crippen LogP contribution in [0, 0.1) is 17.3 Å². The number of ether oxygens (including phenoxy) is 1. The Kier molecular flexibility index (Phi) is 3.53. The first-order valence-corrected chi connectivity index (χ1v) is 6.43. The van der Waals surface area contributed by atoms with Crippen molar-refractivity contribution in [2.75, 3.05) is 13.2 Å². The molecule has 1 aliphatic heterocycles. The Morgan fingerprint density at radius 3 is 2.88 bits per heavy atom. The average Bonchev–Trinajstić information content (AvgIpc) is 2.70. The van der Waals surface area contributed by atoms with Crippen molar-refractivity contribution in [2.24, 2.45) is 17.3 Å². The number of carboxylic acids is 1. The molecule has 1 heterocycles. The first-order chi connectivity index (χ1) is 7.62. The zero-order valence-electron chi connectivity index (χ0n) is 10.1. The first kappa shape index (κ1) is 11.9. The van der Waals surface area contributed by atoms with Gasteiger partial charge in [-0.25, -0.2) is 0 Å². The number of hydrogen-bond donors (Lipinski definition) is 1. The van der Waals surface area contributed by atoms with Crippen LogP contribution in [-0.4, -0.2) is 24.3 Å². The van der Waals surface area contributed by atoms with E-state index in [4.69, 9.17) is 4.74 Å². The lowest BCUT2D eigenvalue weighted by Gasteiger charge is -2.38. The molecule has 0 radical (unpaired) electrons. The third kappa shape index (κ3) is 2.40. The van der Waals surface area contributed by atoms with Gasteiger partial charge in [-0.3, -0.25) is 4.79 Å². The molecule has 3 heteroatoms. The molecule has 0 bridgehead atoms. The molecule has 0 aromatic carbocycles. The molecule has 1 saturated carbocycles. The second-order valence-corrected chi connectivity index (χ2v) is 5.72. The van der Waals surface area contributed by atoms with E-state index < -0.39 is 11.4 Å². The molecule has 0 spiro atoms. The number of carbonyl (C=O) groups is 1. The van der Waals surface area contributed by atoms with Gasteiger partial charge in [-0.15, -0.1) is 0 Å². The molecule has 1 N–H and O–H groups in total. The summed E-state index contributed by atoms with van der Waals surface area (Å²) in [6.45, 7) is 3.77. The van der Waals surface area contributed by atoms with Crippen LogP contribution in [0.4, 0.5) is 0 Å². The Morgan fingerprint density at radius 2 is 2.31 bits per heavy atom. The van der Waals surface area contributed by atoms with Gasteiger partial charge in [0, 0.05) is 13.2 Å². The van der Waals surface area contributed by atoms with Gasteiger partial charge in [0.2, 0.25) is 0 Å². The molecule has 3 atom stereocenters. The largest absolute Gasteiger partial charge is 0.481 e. The Labute approximate surface area is 97.2 Å². The highest BCUT2D eigenvalue weighted by Gasteiger charge is 2.43. The summed E-state index contributed by atoms with van der Waals surface area (Å²) >= 11 is 0. The molecule has 92 valence electrons. The predicted octanol–water partition coefficient (Wildman–Crippen LogP) is 2.69. The van der Waals surface area contributed by atoms with Crippen LogP contribution >= 0.6 is 0 Å². The highest BCUT2D eigenvalue weighted by molar-refractivity contribution is 5.74. The van der Waals surface area contributed by atoms with Gasteiger partial charge in [0.05, 0.1) is 5.41 Å². The maximum atomic E-state index is 11.6. The van der Waals surface area contributed by atoms with Gasteiger partial charge in [-0.05, 0) is 37.5 Å². The maximum absolute atomic E-state index is 11.6. The molecule has 0 amide bonds. The number of aliphatic carboxylic acids is 1. The van der Waals surface area contributed by atoms with Crippen molar-refractivity contribution in [1.29, 1.82) is 0 Å². The summed E-state index contributed by atoms with van der Waals surface area (Å²) < 4.78 is 5.36. The second-order valence-electron chi connectivity index (χ2n) is 5.72. The van der Waals surface area contributed by atoms with Crippen molar-refractivity contribution >= 4 is 5.97 Å². The van der Waals surface area contributed by atoms with Gasteiger partial charge >= 0.3 is 5.97 Å². The van der Waals surface area contributed by atoms with Crippen molar-refractivity contribution in [3.8, 4) is 0 Å². The Bertz CT molecular complexity index is 258.